The maximum absolute atomic E-state index is 12.5. The molecular weight excluding hydrogens is 322 g/mol. The van der Waals surface area contributed by atoms with Crippen LogP contribution in [0.5, 0.6) is 0 Å². The first-order valence-corrected chi connectivity index (χ1v) is 9.37. The number of amides is 1. The van der Waals surface area contributed by atoms with E-state index in [0.29, 0.717) is 37.4 Å². The van der Waals surface area contributed by atoms with Crippen LogP contribution in [0.25, 0.3) is 0 Å². The Bertz CT molecular complexity index is 574. The molecule has 0 unspecified atom stereocenters. The van der Waals surface area contributed by atoms with Crippen molar-refractivity contribution >= 4 is 5.91 Å². The second-order valence-corrected chi connectivity index (χ2v) is 7.54. The van der Waals surface area contributed by atoms with Crippen molar-refractivity contribution in [2.75, 3.05) is 26.3 Å². The summed E-state index contributed by atoms with van der Waals surface area (Å²) in [6, 6.07) is 0. The summed E-state index contributed by atoms with van der Waals surface area (Å²) in [6.07, 6.45) is 4.43. The topological polar surface area (TPSA) is 77.7 Å². The minimum atomic E-state index is -0.354. The largest absolute Gasteiger partial charge is 0.422 e. The Morgan fingerprint density at radius 1 is 1.36 bits per heavy atom. The highest BCUT2D eigenvalue weighted by molar-refractivity contribution is 5.77. The molecular formula is C18H29N3O4. The van der Waals surface area contributed by atoms with Gasteiger partial charge in [0.25, 0.3) is 0 Å². The lowest BCUT2D eigenvalue weighted by Crippen LogP contribution is -2.44. The van der Waals surface area contributed by atoms with Gasteiger partial charge in [0.05, 0.1) is 19.3 Å². The highest BCUT2D eigenvalue weighted by Crippen LogP contribution is 2.26. The number of aromatic nitrogens is 2. The van der Waals surface area contributed by atoms with E-state index < -0.39 is 0 Å². The Morgan fingerprint density at radius 2 is 2.20 bits per heavy atom. The second-order valence-electron chi connectivity index (χ2n) is 7.54. The molecule has 1 amide bonds. The number of ether oxygens (including phenoxy) is 2. The third-order valence-electron chi connectivity index (χ3n) is 4.98. The first-order valence-electron chi connectivity index (χ1n) is 9.37. The zero-order valence-electron chi connectivity index (χ0n) is 15.4. The normalized spacial score (nSPS) is 27.7. The molecule has 1 aliphatic heterocycles. The number of nitrogens with zero attached hydrogens (tertiary/aromatic N) is 3. The summed E-state index contributed by atoms with van der Waals surface area (Å²) in [4.78, 5) is 14.3. The summed E-state index contributed by atoms with van der Waals surface area (Å²) in [5, 5.41) is 8.11. The summed E-state index contributed by atoms with van der Waals surface area (Å²) in [5.41, 5.74) is 0. The summed E-state index contributed by atoms with van der Waals surface area (Å²) < 4.78 is 17.2. The van der Waals surface area contributed by atoms with Crippen molar-refractivity contribution in [2.45, 2.75) is 64.6 Å². The summed E-state index contributed by atoms with van der Waals surface area (Å²) in [5.74, 6) is 1.92. The molecule has 1 aromatic rings. The standard InChI is InChI=1S/C18H29N3O4/c1-12(2)17-19-20-18(25-17)15-10-21(7-8-23-15)16(22)11-24-14-6-4-5-13(3)9-14/h12-15H,4-11H2,1-3H3/t13-,14+,15+/m1/s1. The van der Waals surface area contributed by atoms with Gasteiger partial charge in [-0.15, -0.1) is 10.2 Å². The van der Waals surface area contributed by atoms with Crippen LogP contribution in [0.2, 0.25) is 0 Å². The SMILES string of the molecule is CC(C)c1nnc([C@@H]2CN(C(=O)CO[C@H]3CCC[C@@H](C)C3)CCO2)o1. The Balaban J connectivity index is 1.50. The van der Waals surface area contributed by atoms with Crippen LogP contribution in [0.1, 0.15) is 70.3 Å². The summed E-state index contributed by atoms with van der Waals surface area (Å²) in [7, 11) is 0. The van der Waals surface area contributed by atoms with Crippen LogP contribution in [-0.2, 0) is 14.3 Å². The van der Waals surface area contributed by atoms with Gasteiger partial charge < -0.3 is 18.8 Å². The molecule has 1 aromatic heterocycles. The predicted octanol–water partition coefficient (Wildman–Crippen LogP) is 2.69. The molecule has 7 heteroatoms. The van der Waals surface area contributed by atoms with Crippen LogP contribution in [0, 0.1) is 5.92 Å². The molecule has 2 fully saturated rings. The summed E-state index contributed by atoms with van der Waals surface area (Å²) >= 11 is 0. The first kappa shape index (κ1) is 18.3. The van der Waals surface area contributed by atoms with Crippen LogP contribution in [0.15, 0.2) is 4.42 Å². The molecule has 1 aliphatic carbocycles. The summed E-state index contributed by atoms with van der Waals surface area (Å²) in [6.45, 7) is 7.87. The van der Waals surface area contributed by atoms with E-state index in [4.69, 9.17) is 13.9 Å². The average Bonchev–Trinajstić information content (AvgIpc) is 3.10. The van der Waals surface area contributed by atoms with Gasteiger partial charge in [-0.25, -0.2) is 0 Å². The molecule has 1 saturated carbocycles. The van der Waals surface area contributed by atoms with Crippen molar-refractivity contribution in [1.29, 1.82) is 0 Å². The number of carbonyl (C=O) groups is 1. The van der Waals surface area contributed by atoms with E-state index in [0.717, 1.165) is 12.8 Å². The maximum atomic E-state index is 12.5. The van der Waals surface area contributed by atoms with Gasteiger partial charge in [0.1, 0.15) is 6.61 Å². The van der Waals surface area contributed by atoms with E-state index in [-0.39, 0.29) is 30.6 Å². The molecule has 2 heterocycles. The number of carbonyl (C=O) groups excluding carboxylic acids is 1. The van der Waals surface area contributed by atoms with Crippen molar-refractivity contribution in [2.24, 2.45) is 5.92 Å². The molecule has 3 atom stereocenters. The van der Waals surface area contributed by atoms with Gasteiger partial charge in [0, 0.05) is 12.5 Å². The second kappa shape index (κ2) is 8.27. The lowest BCUT2D eigenvalue weighted by atomic mass is 9.89. The Labute approximate surface area is 149 Å². The molecule has 25 heavy (non-hydrogen) atoms. The molecule has 0 aromatic carbocycles. The quantitative estimate of drug-likeness (QED) is 0.812. The molecule has 7 nitrogen and oxygen atoms in total. The minimum Gasteiger partial charge on any atom is -0.422 e. The molecule has 140 valence electrons. The predicted molar refractivity (Wildman–Crippen MR) is 91.0 cm³/mol. The number of rotatable bonds is 5. The Kier molecular flexibility index (Phi) is 6.06. The van der Waals surface area contributed by atoms with Crippen molar-refractivity contribution in [3.63, 3.8) is 0 Å². The lowest BCUT2D eigenvalue weighted by molar-refractivity contribution is -0.147. The number of hydrogen-bond donors (Lipinski definition) is 0. The highest BCUT2D eigenvalue weighted by atomic mass is 16.5. The van der Waals surface area contributed by atoms with Gasteiger partial charge in [-0.2, -0.15) is 0 Å². The lowest BCUT2D eigenvalue weighted by Gasteiger charge is -2.32. The van der Waals surface area contributed by atoms with Crippen LogP contribution in [0.4, 0.5) is 0 Å². The van der Waals surface area contributed by atoms with E-state index in [9.17, 15) is 4.79 Å². The first-order chi connectivity index (χ1) is 12.0. The van der Waals surface area contributed by atoms with Gasteiger partial charge in [-0.05, 0) is 18.8 Å². The van der Waals surface area contributed by atoms with Gasteiger partial charge >= 0.3 is 0 Å². The van der Waals surface area contributed by atoms with Gasteiger partial charge in [-0.1, -0.05) is 33.6 Å². The average molecular weight is 351 g/mol. The Hall–Kier alpha value is -1.47. The van der Waals surface area contributed by atoms with E-state index in [1.807, 2.05) is 13.8 Å². The van der Waals surface area contributed by atoms with Crippen LogP contribution < -0.4 is 0 Å². The van der Waals surface area contributed by atoms with Gasteiger partial charge in [0.2, 0.25) is 17.7 Å². The fourth-order valence-corrected chi connectivity index (χ4v) is 3.45. The maximum Gasteiger partial charge on any atom is 0.248 e. The fraction of sp³-hybridized carbons (Fsp3) is 0.833. The van der Waals surface area contributed by atoms with E-state index in [1.165, 1.54) is 12.8 Å². The molecule has 1 saturated heterocycles. The fourth-order valence-electron chi connectivity index (χ4n) is 3.45. The molecule has 0 radical (unpaired) electrons. The van der Waals surface area contributed by atoms with Crippen molar-refractivity contribution in [3.05, 3.63) is 11.8 Å². The van der Waals surface area contributed by atoms with Crippen molar-refractivity contribution in [3.8, 4) is 0 Å². The Morgan fingerprint density at radius 3 is 2.92 bits per heavy atom. The molecule has 0 spiro atoms. The molecule has 2 aliphatic rings. The zero-order chi connectivity index (χ0) is 17.8. The van der Waals surface area contributed by atoms with Gasteiger partial charge in [0.15, 0.2) is 6.10 Å². The van der Waals surface area contributed by atoms with Crippen LogP contribution in [0.3, 0.4) is 0 Å². The number of morpholine rings is 1. The van der Waals surface area contributed by atoms with Crippen LogP contribution >= 0.6 is 0 Å². The van der Waals surface area contributed by atoms with E-state index in [2.05, 4.69) is 17.1 Å². The number of hydrogen-bond acceptors (Lipinski definition) is 6. The van der Waals surface area contributed by atoms with E-state index >= 15 is 0 Å². The van der Waals surface area contributed by atoms with E-state index in [1.54, 1.807) is 4.90 Å². The smallest absolute Gasteiger partial charge is 0.248 e. The van der Waals surface area contributed by atoms with Crippen molar-refractivity contribution < 1.29 is 18.7 Å². The van der Waals surface area contributed by atoms with Crippen molar-refractivity contribution in [1.82, 2.24) is 15.1 Å². The zero-order valence-corrected chi connectivity index (χ0v) is 15.4. The van der Waals surface area contributed by atoms with Gasteiger partial charge in [-0.3, -0.25) is 4.79 Å². The third-order valence-corrected chi connectivity index (χ3v) is 4.98. The molecule has 3 rings (SSSR count). The molecule has 0 N–H and O–H groups in total. The molecule has 0 bridgehead atoms. The minimum absolute atomic E-state index is 0.00937. The highest BCUT2D eigenvalue weighted by Gasteiger charge is 2.30. The third kappa shape index (κ3) is 4.79. The van der Waals surface area contributed by atoms with Crippen LogP contribution in [-0.4, -0.2) is 53.4 Å². The monoisotopic (exact) mass is 351 g/mol.